The maximum Gasteiger partial charge on any atom is 0.322 e. The van der Waals surface area contributed by atoms with E-state index in [2.05, 4.69) is 20.9 Å². The first-order valence-corrected chi connectivity index (χ1v) is 6.60. The highest BCUT2D eigenvalue weighted by molar-refractivity contribution is 9.10. The number of carbonyl (C=O) groups is 1. The summed E-state index contributed by atoms with van der Waals surface area (Å²) in [5.74, 6) is -0.268. The molecule has 0 radical (unpaired) electrons. The van der Waals surface area contributed by atoms with Gasteiger partial charge in [-0.2, -0.15) is 0 Å². The van der Waals surface area contributed by atoms with Crippen LogP contribution in [0.15, 0.2) is 27.7 Å². The number of esters is 1. The molecule has 0 bridgehead atoms. The molecule has 0 spiro atoms. The second-order valence-electron chi connectivity index (χ2n) is 5.62. The molecule has 4 heteroatoms. The standard InChI is InChI=1S/C14H16BrNO2/c1-13(2,3)18-12(17)14(4)8-16-11-6-5-9(15)7-10(11)14/h5-8H,1-4H3. The van der Waals surface area contributed by atoms with E-state index >= 15 is 0 Å². The zero-order chi connectivity index (χ0) is 13.6. The number of halogens is 1. The van der Waals surface area contributed by atoms with Gasteiger partial charge in [-0.1, -0.05) is 15.9 Å². The molecule has 0 fully saturated rings. The summed E-state index contributed by atoms with van der Waals surface area (Å²) in [5, 5.41) is 0. The lowest BCUT2D eigenvalue weighted by molar-refractivity contribution is -0.158. The van der Waals surface area contributed by atoms with Crippen molar-refractivity contribution in [3.63, 3.8) is 0 Å². The molecule has 0 saturated carbocycles. The lowest BCUT2D eigenvalue weighted by Crippen LogP contribution is -2.38. The van der Waals surface area contributed by atoms with Crippen molar-refractivity contribution in [1.82, 2.24) is 0 Å². The molecular weight excluding hydrogens is 294 g/mol. The summed E-state index contributed by atoms with van der Waals surface area (Å²) >= 11 is 3.42. The minimum Gasteiger partial charge on any atom is -0.459 e. The van der Waals surface area contributed by atoms with Gasteiger partial charge < -0.3 is 4.74 Å². The van der Waals surface area contributed by atoms with Gasteiger partial charge in [0.15, 0.2) is 0 Å². The Hall–Kier alpha value is -1.16. The number of rotatable bonds is 1. The molecule has 0 amide bonds. The highest BCUT2D eigenvalue weighted by Crippen LogP contribution is 2.39. The summed E-state index contributed by atoms with van der Waals surface area (Å²) in [6.45, 7) is 7.43. The molecular formula is C14H16BrNO2. The Kier molecular flexibility index (Phi) is 3.09. The van der Waals surface area contributed by atoms with Gasteiger partial charge in [0, 0.05) is 16.3 Å². The number of hydrogen-bond donors (Lipinski definition) is 0. The van der Waals surface area contributed by atoms with Crippen LogP contribution in [-0.4, -0.2) is 17.8 Å². The Labute approximate surface area is 115 Å². The zero-order valence-corrected chi connectivity index (χ0v) is 12.5. The van der Waals surface area contributed by atoms with Crippen molar-refractivity contribution in [3.8, 4) is 0 Å². The minimum absolute atomic E-state index is 0.268. The monoisotopic (exact) mass is 309 g/mol. The highest BCUT2D eigenvalue weighted by Gasteiger charge is 2.42. The largest absolute Gasteiger partial charge is 0.459 e. The van der Waals surface area contributed by atoms with E-state index in [-0.39, 0.29) is 5.97 Å². The number of benzene rings is 1. The van der Waals surface area contributed by atoms with Crippen molar-refractivity contribution in [2.24, 2.45) is 4.99 Å². The molecule has 0 aromatic heterocycles. The van der Waals surface area contributed by atoms with Gasteiger partial charge in [0.05, 0.1) is 5.69 Å². The molecule has 1 unspecified atom stereocenters. The van der Waals surface area contributed by atoms with E-state index in [4.69, 9.17) is 4.74 Å². The molecule has 1 aliphatic heterocycles. The predicted molar refractivity (Wildman–Crippen MR) is 75.5 cm³/mol. The number of hydrogen-bond acceptors (Lipinski definition) is 3. The van der Waals surface area contributed by atoms with Gasteiger partial charge in [-0.15, -0.1) is 0 Å². The SMILES string of the molecule is CC(C)(C)OC(=O)C1(C)C=Nc2ccc(Br)cc21. The maximum absolute atomic E-state index is 12.3. The fraction of sp³-hybridized carbons (Fsp3) is 0.429. The van der Waals surface area contributed by atoms with Gasteiger partial charge in [-0.05, 0) is 45.9 Å². The summed E-state index contributed by atoms with van der Waals surface area (Å²) in [5.41, 5.74) is 0.410. The van der Waals surface area contributed by atoms with Crippen LogP contribution < -0.4 is 0 Å². The van der Waals surface area contributed by atoms with Crippen molar-refractivity contribution in [2.45, 2.75) is 38.7 Å². The van der Waals surface area contributed by atoms with E-state index in [9.17, 15) is 4.79 Å². The Morgan fingerprint density at radius 2 is 2.06 bits per heavy atom. The number of aliphatic imine (C=N–C) groups is 1. The van der Waals surface area contributed by atoms with Crippen LogP contribution in [0.3, 0.4) is 0 Å². The van der Waals surface area contributed by atoms with E-state index in [1.165, 1.54) is 0 Å². The smallest absolute Gasteiger partial charge is 0.322 e. The molecule has 1 atom stereocenters. The van der Waals surface area contributed by atoms with Crippen molar-refractivity contribution >= 4 is 33.8 Å². The molecule has 1 aliphatic rings. The van der Waals surface area contributed by atoms with Gasteiger partial charge in [0.25, 0.3) is 0 Å². The third kappa shape index (κ3) is 2.34. The molecule has 0 aliphatic carbocycles. The summed E-state index contributed by atoms with van der Waals surface area (Å²) in [7, 11) is 0. The van der Waals surface area contributed by atoms with Gasteiger partial charge in [-0.25, -0.2) is 0 Å². The van der Waals surface area contributed by atoms with Crippen LogP contribution in [0, 0.1) is 0 Å². The van der Waals surface area contributed by atoms with Crippen molar-refractivity contribution in [1.29, 1.82) is 0 Å². The number of fused-ring (bicyclic) bond motifs is 1. The predicted octanol–water partition coefficient (Wildman–Crippen LogP) is 3.76. The first kappa shape index (κ1) is 13.3. The number of ether oxygens (including phenoxy) is 1. The van der Waals surface area contributed by atoms with Crippen molar-refractivity contribution in [2.75, 3.05) is 0 Å². The topological polar surface area (TPSA) is 38.7 Å². The van der Waals surface area contributed by atoms with Crippen molar-refractivity contribution in [3.05, 3.63) is 28.2 Å². The van der Waals surface area contributed by atoms with Crippen molar-refractivity contribution < 1.29 is 9.53 Å². The number of carbonyl (C=O) groups excluding carboxylic acids is 1. The molecule has 96 valence electrons. The third-order valence-corrected chi connectivity index (χ3v) is 3.30. The Bertz CT molecular complexity index is 531. The van der Waals surface area contributed by atoms with E-state index in [0.29, 0.717) is 0 Å². The first-order valence-electron chi connectivity index (χ1n) is 5.81. The zero-order valence-electron chi connectivity index (χ0n) is 11.0. The van der Waals surface area contributed by atoms with E-state index in [1.54, 1.807) is 6.21 Å². The van der Waals surface area contributed by atoms with Crippen LogP contribution in [0.4, 0.5) is 5.69 Å². The maximum atomic E-state index is 12.3. The van der Waals surface area contributed by atoms with Crippen LogP contribution >= 0.6 is 15.9 Å². The Balaban J connectivity index is 2.39. The molecule has 1 aromatic rings. The first-order chi connectivity index (χ1) is 8.22. The second-order valence-corrected chi connectivity index (χ2v) is 6.54. The van der Waals surface area contributed by atoms with Crippen LogP contribution in [-0.2, 0) is 14.9 Å². The second kappa shape index (κ2) is 4.19. The number of nitrogens with zero attached hydrogens (tertiary/aromatic N) is 1. The fourth-order valence-corrected chi connectivity index (χ4v) is 2.21. The van der Waals surface area contributed by atoms with E-state index in [1.807, 2.05) is 45.9 Å². The third-order valence-electron chi connectivity index (χ3n) is 2.80. The van der Waals surface area contributed by atoms with Crippen LogP contribution in [0.25, 0.3) is 0 Å². The normalized spacial score (nSPS) is 21.8. The summed E-state index contributed by atoms with van der Waals surface area (Å²) in [4.78, 5) is 16.6. The summed E-state index contributed by atoms with van der Waals surface area (Å²) in [6.07, 6.45) is 1.66. The molecule has 1 aromatic carbocycles. The van der Waals surface area contributed by atoms with E-state index < -0.39 is 11.0 Å². The Morgan fingerprint density at radius 3 is 2.67 bits per heavy atom. The molecule has 3 nitrogen and oxygen atoms in total. The lowest BCUT2D eigenvalue weighted by atomic mass is 9.84. The molecule has 2 rings (SSSR count). The molecule has 18 heavy (non-hydrogen) atoms. The molecule has 1 heterocycles. The van der Waals surface area contributed by atoms with Gasteiger partial charge in [-0.3, -0.25) is 9.79 Å². The quantitative estimate of drug-likeness (QED) is 0.741. The summed E-state index contributed by atoms with van der Waals surface area (Å²) < 4.78 is 6.41. The average Bonchev–Trinajstić information content (AvgIpc) is 2.55. The van der Waals surface area contributed by atoms with Gasteiger partial charge >= 0.3 is 5.97 Å². The van der Waals surface area contributed by atoms with Gasteiger partial charge in [0.1, 0.15) is 11.0 Å². The molecule has 0 saturated heterocycles. The molecule has 0 N–H and O–H groups in total. The fourth-order valence-electron chi connectivity index (χ4n) is 1.85. The average molecular weight is 310 g/mol. The van der Waals surface area contributed by atoms with Gasteiger partial charge in [0.2, 0.25) is 0 Å². The highest BCUT2D eigenvalue weighted by atomic mass is 79.9. The van der Waals surface area contributed by atoms with E-state index in [0.717, 1.165) is 15.7 Å². The van der Waals surface area contributed by atoms with Crippen LogP contribution in [0.2, 0.25) is 0 Å². The van der Waals surface area contributed by atoms with Crippen LogP contribution in [0.1, 0.15) is 33.3 Å². The minimum atomic E-state index is -0.799. The Morgan fingerprint density at radius 1 is 1.39 bits per heavy atom. The van der Waals surface area contributed by atoms with Crippen LogP contribution in [0.5, 0.6) is 0 Å². The lowest BCUT2D eigenvalue weighted by Gasteiger charge is -2.27. The summed E-state index contributed by atoms with van der Waals surface area (Å²) in [6, 6.07) is 5.73.